The second-order valence-corrected chi connectivity index (χ2v) is 3.11. The van der Waals surface area contributed by atoms with Gasteiger partial charge in [-0.1, -0.05) is 13.0 Å². The molecule has 0 aliphatic rings. The summed E-state index contributed by atoms with van der Waals surface area (Å²) in [7, 11) is 1.73. The Balaban J connectivity index is 2.40. The smallest absolute Gasteiger partial charge is 0.0466 e. The second kappa shape index (κ2) is 5.70. The van der Waals surface area contributed by atoms with Crippen molar-refractivity contribution in [2.75, 3.05) is 13.7 Å². The molecule has 0 bridgehead atoms. The molecule has 0 radical (unpaired) electrons. The molecule has 1 aromatic rings. The molecule has 2 nitrogen and oxygen atoms in total. The first-order valence-corrected chi connectivity index (χ1v) is 4.79. The Morgan fingerprint density at radius 3 is 2.77 bits per heavy atom. The highest BCUT2D eigenvalue weighted by Crippen LogP contribution is 2.03. The van der Waals surface area contributed by atoms with Crippen molar-refractivity contribution in [3.63, 3.8) is 0 Å². The maximum absolute atomic E-state index is 4.98. The van der Waals surface area contributed by atoms with Gasteiger partial charge < -0.3 is 4.74 Å². The predicted molar refractivity (Wildman–Crippen MR) is 53.8 cm³/mol. The molecular formula is C11H17NO. The molecule has 72 valence electrons. The monoisotopic (exact) mass is 179 g/mol. The van der Waals surface area contributed by atoms with E-state index in [0.29, 0.717) is 0 Å². The molecule has 0 N–H and O–H groups in total. The van der Waals surface area contributed by atoms with Crippen LogP contribution in [-0.4, -0.2) is 18.7 Å². The third-order valence-electron chi connectivity index (χ3n) is 2.08. The molecule has 13 heavy (non-hydrogen) atoms. The van der Waals surface area contributed by atoms with E-state index in [9.17, 15) is 0 Å². The number of hydrogen-bond acceptors (Lipinski definition) is 2. The van der Waals surface area contributed by atoms with Gasteiger partial charge in [-0.05, 0) is 30.9 Å². The van der Waals surface area contributed by atoms with Crippen LogP contribution in [0.25, 0.3) is 0 Å². The number of ether oxygens (including phenoxy) is 1. The Hall–Kier alpha value is -0.890. The average Bonchev–Trinajstić information content (AvgIpc) is 2.19. The van der Waals surface area contributed by atoms with Crippen LogP contribution >= 0.6 is 0 Å². The molecule has 0 aliphatic heterocycles. The minimum absolute atomic E-state index is 0.817. The van der Waals surface area contributed by atoms with E-state index in [2.05, 4.69) is 24.0 Å². The molecular weight excluding hydrogens is 162 g/mol. The van der Waals surface area contributed by atoms with Crippen LogP contribution in [0.1, 0.15) is 24.6 Å². The SMILES string of the molecule is CCc1ccc(CCCOC)nc1. The number of aromatic nitrogens is 1. The highest BCUT2D eigenvalue weighted by Gasteiger charge is 1.94. The summed E-state index contributed by atoms with van der Waals surface area (Å²) >= 11 is 0. The average molecular weight is 179 g/mol. The molecule has 0 fully saturated rings. The molecule has 0 saturated heterocycles. The van der Waals surface area contributed by atoms with E-state index in [-0.39, 0.29) is 0 Å². The molecule has 0 saturated carbocycles. The number of pyridine rings is 1. The molecule has 0 unspecified atom stereocenters. The van der Waals surface area contributed by atoms with Crippen molar-refractivity contribution in [3.05, 3.63) is 29.6 Å². The summed E-state index contributed by atoms with van der Waals surface area (Å²) in [6.45, 7) is 2.96. The lowest BCUT2D eigenvalue weighted by Gasteiger charge is -2.01. The maximum Gasteiger partial charge on any atom is 0.0466 e. The minimum Gasteiger partial charge on any atom is -0.385 e. The Bertz CT molecular complexity index is 230. The van der Waals surface area contributed by atoms with Crippen LogP contribution in [0.3, 0.4) is 0 Å². The fourth-order valence-corrected chi connectivity index (χ4v) is 1.21. The number of aryl methyl sites for hydroxylation is 2. The van der Waals surface area contributed by atoms with Crippen molar-refractivity contribution in [1.29, 1.82) is 0 Å². The van der Waals surface area contributed by atoms with Crippen LogP contribution < -0.4 is 0 Å². The number of rotatable bonds is 5. The lowest BCUT2D eigenvalue weighted by atomic mass is 10.2. The van der Waals surface area contributed by atoms with Gasteiger partial charge in [-0.25, -0.2) is 0 Å². The molecule has 0 atom stereocenters. The lowest BCUT2D eigenvalue weighted by Crippen LogP contribution is -1.95. The zero-order chi connectivity index (χ0) is 9.52. The second-order valence-electron chi connectivity index (χ2n) is 3.11. The van der Waals surface area contributed by atoms with Gasteiger partial charge in [0, 0.05) is 25.6 Å². The van der Waals surface area contributed by atoms with Crippen LogP contribution in [0.4, 0.5) is 0 Å². The summed E-state index contributed by atoms with van der Waals surface area (Å²) in [4.78, 5) is 4.37. The van der Waals surface area contributed by atoms with Crippen molar-refractivity contribution < 1.29 is 4.74 Å². The van der Waals surface area contributed by atoms with Crippen LogP contribution in [0.15, 0.2) is 18.3 Å². The number of hydrogen-bond donors (Lipinski definition) is 0. The van der Waals surface area contributed by atoms with E-state index in [1.165, 1.54) is 5.56 Å². The van der Waals surface area contributed by atoms with Gasteiger partial charge in [-0.15, -0.1) is 0 Å². The van der Waals surface area contributed by atoms with E-state index in [1.54, 1.807) is 7.11 Å². The summed E-state index contributed by atoms with van der Waals surface area (Å²) in [5.74, 6) is 0. The summed E-state index contributed by atoms with van der Waals surface area (Å²) < 4.78 is 4.98. The first-order valence-electron chi connectivity index (χ1n) is 4.79. The Kier molecular flexibility index (Phi) is 4.47. The van der Waals surface area contributed by atoms with Crippen molar-refractivity contribution >= 4 is 0 Å². The highest BCUT2D eigenvalue weighted by atomic mass is 16.5. The Labute approximate surface area is 80.0 Å². The first kappa shape index (κ1) is 10.2. The molecule has 0 aromatic carbocycles. The molecule has 1 rings (SSSR count). The summed E-state index contributed by atoms with van der Waals surface area (Å²) in [6.07, 6.45) is 5.08. The number of methoxy groups -OCH3 is 1. The van der Waals surface area contributed by atoms with E-state index in [4.69, 9.17) is 4.74 Å². The Morgan fingerprint density at radius 1 is 1.38 bits per heavy atom. The third kappa shape index (κ3) is 3.55. The minimum atomic E-state index is 0.817. The van der Waals surface area contributed by atoms with Crippen molar-refractivity contribution in [3.8, 4) is 0 Å². The topological polar surface area (TPSA) is 22.1 Å². The summed E-state index contributed by atoms with van der Waals surface area (Å²) in [5, 5.41) is 0. The van der Waals surface area contributed by atoms with Crippen LogP contribution in [0, 0.1) is 0 Å². The molecule has 0 amide bonds. The van der Waals surface area contributed by atoms with Gasteiger partial charge in [0.25, 0.3) is 0 Å². The van der Waals surface area contributed by atoms with Gasteiger partial charge in [0.15, 0.2) is 0 Å². The highest BCUT2D eigenvalue weighted by molar-refractivity contribution is 5.13. The molecule has 1 heterocycles. The van der Waals surface area contributed by atoms with Crippen LogP contribution in [0.2, 0.25) is 0 Å². The van der Waals surface area contributed by atoms with Crippen molar-refractivity contribution in [2.24, 2.45) is 0 Å². The summed E-state index contributed by atoms with van der Waals surface area (Å²) in [5.41, 5.74) is 2.46. The van der Waals surface area contributed by atoms with Gasteiger partial charge in [-0.2, -0.15) is 0 Å². The van der Waals surface area contributed by atoms with E-state index >= 15 is 0 Å². The van der Waals surface area contributed by atoms with Gasteiger partial charge in [-0.3, -0.25) is 4.98 Å². The predicted octanol–water partition coefficient (Wildman–Crippen LogP) is 2.22. The number of nitrogens with zero attached hydrogens (tertiary/aromatic N) is 1. The zero-order valence-corrected chi connectivity index (χ0v) is 8.42. The van der Waals surface area contributed by atoms with Crippen LogP contribution in [-0.2, 0) is 17.6 Å². The van der Waals surface area contributed by atoms with E-state index < -0.39 is 0 Å². The maximum atomic E-state index is 4.98. The largest absolute Gasteiger partial charge is 0.385 e. The third-order valence-corrected chi connectivity index (χ3v) is 2.08. The standard InChI is InChI=1S/C11H17NO/c1-3-10-6-7-11(12-9-10)5-4-8-13-2/h6-7,9H,3-5,8H2,1-2H3. The van der Waals surface area contributed by atoms with Gasteiger partial charge in [0.1, 0.15) is 0 Å². The molecule has 2 heteroatoms. The quantitative estimate of drug-likeness (QED) is 0.647. The van der Waals surface area contributed by atoms with Crippen molar-refractivity contribution in [2.45, 2.75) is 26.2 Å². The molecule has 0 spiro atoms. The lowest BCUT2D eigenvalue weighted by molar-refractivity contribution is 0.195. The summed E-state index contributed by atoms with van der Waals surface area (Å²) in [6, 6.07) is 4.25. The molecule has 1 aromatic heterocycles. The fraction of sp³-hybridized carbons (Fsp3) is 0.545. The van der Waals surface area contributed by atoms with Gasteiger partial charge in [0.2, 0.25) is 0 Å². The zero-order valence-electron chi connectivity index (χ0n) is 8.42. The normalized spacial score (nSPS) is 10.3. The van der Waals surface area contributed by atoms with Crippen molar-refractivity contribution in [1.82, 2.24) is 4.98 Å². The fourth-order valence-electron chi connectivity index (χ4n) is 1.21. The van der Waals surface area contributed by atoms with Crippen LogP contribution in [0.5, 0.6) is 0 Å². The molecule has 0 aliphatic carbocycles. The first-order chi connectivity index (χ1) is 6.36. The van der Waals surface area contributed by atoms with E-state index in [1.807, 2.05) is 6.20 Å². The van der Waals surface area contributed by atoms with Gasteiger partial charge >= 0.3 is 0 Å². The van der Waals surface area contributed by atoms with E-state index in [0.717, 1.165) is 31.6 Å². The van der Waals surface area contributed by atoms with Gasteiger partial charge in [0.05, 0.1) is 0 Å². The Morgan fingerprint density at radius 2 is 2.23 bits per heavy atom.